The molecule has 0 radical (unpaired) electrons. The van der Waals surface area contributed by atoms with Crippen molar-refractivity contribution in [3.63, 3.8) is 0 Å². The molecule has 1 unspecified atom stereocenters. The van der Waals surface area contributed by atoms with Crippen molar-refractivity contribution < 1.29 is 14.8 Å². The van der Waals surface area contributed by atoms with Gasteiger partial charge in [-0.2, -0.15) is 10.5 Å². The number of benzene rings is 1. The molecule has 2 aliphatic heterocycles. The summed E-state index contributed by atoms with van der Waals surface area (Å²) in [5.41, 5.74) is 8.85. The van der Waals surface area contributed by atoms with Gasteiger partial charge in [-0.1, -0.05) is 30.3 Å². The summed E-state index contributed by atoms with van der Waals surface area (Å²) in [7, 11) is 0. The van der Waals surface area contributed by atoms with Crippen molar-refractivity contribution in [3.8, 4) is 0 Å². The fraction of sp³-hybridized carbons (Fsp3) is 0.500. The molecule has 2 fully saturated rings. The molecule has 2 heterocycles. The lowest BCUT2D eigenvalue weighted by Crippen LogP contribution is -2.56. The van der Waals surface area contributed by atoms with Crippen LogP contribution in [0.2, 0.25) is 0 Å². The monoisotopic (exact) mass is 292 g/mol. The van der Waals surface area contributed by atoms with Crippen LogP contribution in [0.5, 0.6) is 0 Å². The van der Waals surface area contributed by atoms with Gasteiger partial charge in [0.05, 0.1) is 18.2 Å². The highest BCUT2D eigenvalue weighted by Gasteiger charge is 2.47. The van der Waals surface area contributed by atoms with Crippen LogP contribution in [-0.2, 0) is 11.4 Å². The Labute approximate surface area is 123 Å². The van der Waals surface area contributed by atoms with Gasteiger partial charge in [-0.15, -0.1) is 0 Å². The van der Waals surface area contributed by atoms with Crippen LogP contribution in [0.25, 0.3) is 0 Å². The second-order valence-electron chi connectivity index (χ2n) is 5.47. The number of amides is 2. The van der Waals surface area contributed by atoms with Crippen LogP contribution in [-0.4, -0.2) is 46.0 Å². The molecule has 2 aliphatic rings. The third kappa shape index (κ3) is 2.73. The fourth-order valence-corrected chi connectivity index (χ4v) is 3.01. The third-order valence-electron chi connectivity index (χ3n) is 4.15. The number of fused-ring (bicyclic) bond motifs is 2. The Bertz CT molecular complexity index is 498. The maximum absolute atomic E-state index is 12.4. The molecular weight excluding hydrogens is 272 g/mol. The van der Waals surface area contributed by atoms with E-state index in [0.717, 1.165) is 18.4 Å². The van der Waals surface area contributed by atoms with Gasteiger partial charge in [-0.05, 0) is 18.4 Å². The highest BCUT2D eigenvalue weighted by atomic mass is 16.7. The zero-order valence-electron chi connectivity index (χ0n) is 11.7. The first-order valence-corrected chi connectivity index (χ1v) is 7.12. The van der Waals surface area contributed by atoms with Gasteiger partial charge < -0.3 is 15.8 Å². The smallest absolute Gasteiger partial charge is 0.315 e. The number of hydrogen-bond acceptors (Lipinski definition) is 5. The first kappa shape index (κ1) is 14.3. The van der Waals surface area contributed by atoms with Gasteiger partial charge >= 0.3 is 6.03 Å². The first-order valence-electron chi connectivity index (χ1n) is 7.12. The Hall–Kier alpha value is -1.67. The Morgan fingerprint density at radius 2 is 2.14 bits per heavy atom. The van der Waals surface area contributed by atoms with Gasteiger partial charge in [-0.25, -0.2) is 4.79 Å². The lowest BCUT2D eigenvalue weighted by Gasteiger charge is -2.33. The molecule has 3 rings (SSSR count). The van der Waals surface area contributed by atoms with Crippen molar-refractivity contribution in [2.24, 2.45) is 5.73 Å². The predicted molar refractivity (Wildman–Crippen MR) is 74.9 cm³/mol. The SMILES string of the molecule is NC(NO)[C@@H]1CC[C@H]2CN1C(=O)N2OCc1ccccc1. The Morgan fingerprint density at radius 3 is 2.86 bits per heavy atom. The number of nitrogens with zero attached hydrogens (tertiary/aromatic N) is 2. The number of hydrogen-bond donors (Lipinski definition) is 3. The lowest BCUT2D eigenvalue weighted by atomic mass is 9.99. The van der Waals surface area contributed by atoms with Crippen LogP contribution in [0.3, 0.4) is 0 Å². The van der Waals surface area contributed by atoms with Crippen molar-refractivity contribution in [1.29, 1.82) is 0 Å². The van der Waals surface area contributed by atoms with E-state index in [2.05, 4.69) is 0 Å². The second kappa shape index (κ2) is 5.98. The van der Waals surface area contributed by atoms with Gasteiger partial charge in [0, 0.05) is 6.54 Å². The van der Waals surface area contributed by atoms with Crippen LogP contribution in [0.1, 0.15) is 18.4 Å². The minimum absolute atomic E-state index is 0.0587. The van der Waals surface area contributed by atoms with Gasteiger partial charge in [0.25, 0.3) is 0 Å². The Morgan fingerprint density at radius 1 is 1.38 bits per heavy atom. The topological polar surface area (TPSA) is 91.1 Å². The summed E-state index contributed by atoms with van der Waals surface area (Å²) in [6.07, 6.45) is 0.928. The molecule has 2 saturated heterocycles. The molecule has 0 aromatic heterocycles. The molecule has 114 valence electrons. The summed E-state index contributed by atoms with van der Waals surface area (Å²) in [6, 6.07) is 9.42. The summed E-state index contributed by atoms with van der Waals surface area (Å²) >= 11 is 0. The molecule has 7 heteroatoms. The Kier molecular flexibility index (Phi) is 4.07. The molecule has 0 saturated carbocycles. The molecule has 0 aliphatic carbocycles. The average molecular weight is 292 g/mol. The van der Waals surface area contributed by atoms with E-state index in [4.69, 9.17) is 15.8 Å². The molecule has 3 atom stereocenters. The molecule has 2 amide bonds. The summed E-state index contributed by atoms with van der Waals surface area (Å²) < 4.78 is 0. The molecule has 2 bridgehead atoms. The maximum Gasteiger partial charge on any atom is 0.344 e. The van der Waals surface area contributed by atoms with E-state index < -0.39 is 6.17 Å². The van der Waals surface area contributed by atoms with E-state index in [1.807, 2.05) is 35.8 Å². The number of carbonyl (C=O) groups excluding carboxylic acids is 1. The standard InChI is InChI=1S/C14H20N4O3/c15-13(16-20)12-7-6-11-8-17(12)14(19)18(11)21-9-10-4-2-1-3-5-10/h1-5,11-13,16,20H,6-9,15H2/t11-,12-,13?/m0/s1. The minimum Gasteiger partial charge on any atom is -0.315 e. The molecule has 1 aromatic carbocycles. The van der Waals surface area contributed by atoms with E-state index >= 15 is 0 Å². The van der Waals surface area contributed by atoms with Gasteiger partial charge in [0.2, 0.25) is 0 Å². The zero-order valence-corrected chi connectivity index (χ0v) is 11.7. The van der Waals surface area contributed by atoms with Crippen molar-refractivity contribution >= 4 is 6.03 Å². The van der Waals surface area contributed by atoms with Crippen molar-refractivity contribution in [2.75, 3.05) is 6.54 Å². The van der Waals surface area contributed by atoms with E-state index in [9.17, 15) is 4.79 Å². The van der Waals surface area contributed by atoms with E-state index in [1.54, 1.807) is 4.90 Å². The van der Waals surface area contributed by atoms with E-state index in [1.165, 1.54) is 5.06 Å². The zero-order chi connectivity index (χ0) is 14.8. The molecule has 4 N–H and O–H groups in total. The largest absolute Gasteiger partial charge is 0.344 e. The number of nitrogens with two attached hydrogens (primary N) is 1. The number of piperidine rings is 1. The number of nitrogens with one attached hydrogen (secondary N) is 1. The molecule has 7 nitrogen and oxygen atoms in total. The van der Waals surface area contributed by atoms with Gasteiger partial charge in [0.1, 0.15) is 6.61 Å². The second-order valence-corrected chi connectivity index (χ2v) is 5.47. The lowest BCUT2D eigenvalue weighted by molar-refractivity contribution is -0.140. The number of carbonyl (C=O) groups is 1. The number of urea groups is 1. The fourth-order valence-electron chi connectivity index (χ4n) is 3.01. The van der Waals surface area contributed by atoms with Crippen molar-refractivity contribution in [1.82, 2.24) is 15.4 Å². The number of rotatable bonds is 5. The summed E-state index contributed by atoms with van der Waals surface area (Å²) in [5, 5.41) is 10.4. The molecule has 0 spiro atoms. The molecular formula is C14H20N4O3. The summed E-state index contributed by atoms with van der Waals surface area (Å²) in [4.78, 5) is 19.8. The first-order chi connectivity index (χ1) is 10.2. The van der Waals surface area contributed by atoms with Crippen LogP contribution in [0.4, 0.5) is 4.79 Å². The van der Waals surface area contributed by atoms with Crippen LogP contribution in [0.15, 0.2) is 30.3 Å². The predicted octanol–water partition coefficient (Wildman–Crippen LogP) is 0.650. The van der Waals surface area contributed by atoms with E-state index in [-0.39, 0.29) is 18.1 Å². The van der Waals surface area contributed by atoms with Crippen molar-refractivity contribution in [2.45, 2.75) is 37.7 Å². The maximum atomic E-state index is 12.4. The highest BCUT2D eigenvalue weighted by molar-refractivity contribution is 5.77. The third-order valence-corrected chi connectivity index (χ3v) is 4.15. The van der Waals surface area contributed by atoms with E-state index in [0.29, 0.717) is 13.2 Å². The normalized spacial score (nSPS) is 26.3. The van der Waals surface area contributed by atoms with Crippen LogP contribution >= 0.6 is 0 Å². The summed E-state index contributed by atoms with van der Waals surface area (Å²) in [5.74, 6) is 0. The van der Waals surface area contributed by atoms with Gasteiger partial charge in [0.15, 0.2) is 0 Å². The highest BCUT2D eigenvalue weighted by Crippen LogP contribution is 2.31. The van der Waals surface area contributed by atoms with Gasteiger partial charge in [-0.3, -0.25) is 4.84 Å². The quantitative estimate of drug-likeness (QED) is 0.547. The molecule has 1 aromatic rings. The summed E-state index contributed by atoms with van der Waals surface area (Å²) in [6.45, 7) is 0.958. The number of hydroxylamine groups is 3. The molecule has 21 heavy (non-hydrogen) atoms. The van der Waals surface area contributed by atoms with Crippen LogP contribution < -0.4 is 11.2 Å². The average Bonchev–Trinajstić information content (AvgIpc) is 2.77. The minimum atomic E-state index is -0.635. The Balaban J connectivity index is 1.64. The van der Waals surface area contributed by atoms with Crippen LogP contribution in [0, 0.1) is 0 Å². The van der Waals surface area contributed by atoms with Crippen molar-refractivity contribution in [3.05, 3.63) is 35.9 Å².